The normalized spacial score (nSPS) is 19.4. The van der Waals surface area contributed by atoms with E-state index in [2.05, 4.69) is 17.4 Å². The lowest BCUT2D eigenvalue weighted by Gasteiger charge is -2.23. The van der Waals surface area contributed by atoms with E-state index in [4.69, 9.17) is 10.9 Å². The maximum Gasteiger partial charge on any atom is 0.144 e. The van der Waals surface area contributed by atoms with Crippen LogP contribution in [0.4, 0.5) is 0 Å². The van der Waals surface area contributed by atoms with Crippen LogP contribution in [0.1, 0.15) is 52.9 Å². The molecule has 100 valence electrons. The molecular formula is C13H27N3O. The fourth-order valence-electron chi connectivity index (χ4n) is 2.08. The average molecular weight is 241 g/mol. The van der Waals surface area contributed by atoms with Crippen LogP contribution in [0.2, 0.25) is 0 Å². The minimum absolute atomic E-state index is 0.212. The lowest BCUT2D eigenvalue weighted by atomic mass is 9.86. The minimum Gasteiger partial charge on any atom is -0.409 e. The highest BCUT2D eigenvalue weighted by Crippen LogP contribution is 2.33. The van der Waals surface area contributed by atoms with E-state index in [-0.39, 0.29) is 5.41 Å². The van der Waals surface area contributed by atoms with Crippen molar-refractivity contribution in [2.75, 3.05) is 6.54 Å². The smallest absolute Gasteiger partial charge is 0.144 e. The van der Waals surface area contributed by atoms with Gasteiger partial charge < -0.3 is 16.3 Å². The first-order chi connectivity index (χ1) is 7.95. The Morgan fingerprint density at radius 1 is 1.53 bits per heavy atom. The molecule has 1 rings (SSSR count). The molecule has 0 aromatic heterocycles. The first-order valence-corrected chi connectivity index (χ1v) is 6.67. The third kappa shape index (κ3) is 5.39. The summed E-state index contributed by atoms with van der Waals surface area (Å²) in [4.78, 5) is 0. The summed E-state index contributed by atoms with van der Waals surface area (Å²) in [5.74, 6) is 1.30. The van der Waals surface area contributed by atoms with Gasteiger partial charge in [-0.1, -0.05) is 31.8 Å². The van der Waals surface area contributed by atoms with Gasteiger partial charge in [-0.15, -0.1) is 0 Å². The van der Waals surface area contributed by atoms with Gasteiger partial charge in [0, 0.05) is 11.5 Å². The van der Waals surface area contributed by atoms with Gasteiger partial charge in [0.2, 0.25) is 0 Å². The zero-order valence-electron chi connectivity index (χ0n) is 11.4. The minimum atomic E-state index is -0.212. The summed E-state index contributed by atoms with van der Waals surface area (Å²) in [7, 11) is 0. The molecule has 1 fully saturated rings. The SMILES string of the molecule is CC(CC1CC1)NCCCC(C)(C)C(N)=NO. The monoisotopic (exact) mass is 241 g/mol. The van der Waals surface area contributed by atoms with Gasteiger partial charge in [0.05, 0.1) is 0 Å². The summed E-state index contributed by atoms with van der Waals surface area (Å²) in [6.07, 6.45) is 6.14. The topological polar surface area (TPSA) is 70.6 Å². The first kappa shape index (κ1) is 14.3. The van der Waals surface area contributed by atoms with Gasteiger partial charge >= 0.3 is 0 Å². The maximum absolute atomic E-state index is 8.67. The number of rotatable bonds is 8. The highest BCUT2D eigenvalue weighted by molar-refractivity contribution is 5.85. The molecule has 0 saturated heterocycles. The molecule has 4 heteroatoms. The predicted molar refractivity (Wildman–Crippen MR) is 71.2 cm³/mol. The van der Waals surface area contributed by atoms with Crippen LogP contribution < -0.4 is 11.1 Å². The quantitative estimate of drug-likeness (QED) is 0.201. The maximum atomic E-state index is 8.67. The van der Waals surface area contributed by atoms with Gasteiger partial charge in [-0.3, -0.25) is 0 Å². The Labute approximate surface area is 105 Å². The second-order valence-corrected chi connectivity index (χ2v) is 6.01. The number of amidine groups is 1. The summed E-state index contributed by atoms with van der Waals surface area (Å²) in [5.41, 5.74) is 5.43. The van der Waals surface area contributed by atoms with Crippen LogP contribution in [0.25, 0.3) is 0 Å². The van der Waals surface area contributed by atoms with E-state index >= 15 is 0 Å². The van der Waals surface area contributed by atoms with Gasteiger partial charge in [0.25, 0.3) is 0 Å². The van der Waals surface area contributed by atoms with E-state index in [0.29, 0.717) is 11.9 Å². The largest absolute Gasteiger partial charge is 0.409 e. The Bertz CT molecular complexity index is 259. The van der Waals surface area contributed by atoms with Crippen molar-refractivity contribution in [1.29, 1.82) is 0 Å². The number of hydrogen-bond acceptors (Lipinski definition) is 3. The van der Waals surface area contributed by atoms with Gasteiger partial charge in [0.1, 0.15) is 5.84 Å². The van der Waals surface area contributed by atoms with Crippen LogP contribution in [0.3, 0.4) is 0 Å². The van der Waals surface area contributed by atoms with Crippen molar-refractivity contribution < 1.29 is 5.21 Å². The van der Waals surface area contributed by atoms with Crippen LogP contribution in [0.5, 0.6) is 0 Å². The molecule has 1 unspecified atom stereocenters. The van der Waals surface area contributed by atoms with E-state index in [9.17, 15) is 0 Å². The number of nitrogens with zero attached hydrogens (tertiary/aromatic N) is 1. The Balaban J connectivity index is 2.10. The van der Waals surface area contributed by atoms with E-state index < -0.39 is 0 Å². The lowest BCUT2D eigenvalue weighted by Crippen LogP contribution is -2.33. The van der Waals surface area contributed by atoms with Gasteiger partial charge in [0.15, 0.2) is 0 Å². The summed E-state index contributed by atoms with van der Waals surface area (Å²) in [6, 6.07) is 0.620. The summed E-state index contributed by atoms with van der Waals surface area (Å²) >= 11 is 0. The van der Waals surface area contributed by atoms with Crippen molar-refractivity contribution in [2.24, 2.45) is 22.2 Å². The molecule has 4 nitrogen and oxygen atoms in total. The van der Waals surface area contributed by atoms with Crippen molar-refractivity contribution in [3.63, 3.8) is 0 Å². The molecule has 0 heterocycles. The number of nitrogens with one attached hydrogen (secondary N) is 1. The van der Waals surface area contributed by atoms with Crippen LogP contribution >= 0.6 is 0 Å². The third-order valence-corrected chi connectivity index (χ3v) is 3.66. The Hall–Kier alpha value is -0.770. The molecule has 1 aliphatic carbocycles. The highest BCUT2D eigenvalue weighted by Gasteiger charge is 2.24. The Morgan fingerprint density at radius 3 is 2.71 bits per heavy atom. The molecule has 0 aromatic carbocycles. The molecule has 0 aromatic rings. The Kier molecular flexibility index (Phi) is 5.25. The van der Waals surface area contributed by atoms with Gasteiger partial charge in [-0.25, -0.2) is 0 Å². The zero-order valence-corrected chi connectivity index (χ0v) is 11.4. The highest BCUT2D eigenvalue weighted by atomic mass is 16.4. The van der Waals surface area contributed by atoms with Crippen LogP contribution in [-0.4, -0.2) is 23.6 Å². The van der Waals surface area contributed by atoms with Crippen molar-refractivity contribution in [3.8, 4) is 0 Å². The van der Waals surface area contributed by atoms with Crippen molar-refractivity contribution in [2.45, 2.75) is 58.9 Å². The second-order valence-electron chi connectivity index (χ2n) is 6.01. The summed E-state index contributed by atoms with van der Waals surface area (Å²) in [6.45, 7) is 7.29. The van der Waals surface area contributed by atoms with Gasteiger partial charge in [-0.2, -0.15) is 0 Å². The molecule has 1 atom stereocenters. The average Bonchev–Trinajstić information content (AvgIpc) is 3.07. The van der Waals surface area contributed by atoms with Crippen LogP contribution in [0.15, 0.2) is 5.16 Å². The fourth-order valence-corrected chi connectivity index (χ4v) is 2.08. The summed E-state index contributed by atoms with van der Waals surface area (Å²) < 4.78 is 0. The second kappa shape index (κ2) is 6.24. The molecule has 0 amide bonds. The number of hydrogen-bond donors (Lipinski definition) is 3. The molecule has 0 bridgehead atoms. The van der Waals surface area contributed by atoms with Gasteiger partial charge in [-0.05, 0) is 38.6 Å². The Morgan fingerprint density at radius 2 is 2.18 bits per heavy atom. The fraction of sp³-hybridized carbons (Fsp3) is 0.923. The molecule has 4 N–H and O–H groups in total. The molecule has 1 saturated carbocycles. The van der Waals surface area contributed by atoms with Crippen LogP contribution in [0, 0.1) is 11.3 Å². The first-order valence-electron chi connectivity index (χ1n) is 6.67. The molecule has 0 aliphatic heterocycles. The number of nitrogens with two attached hydrogens (primary N) is 1. The number of oxime groups is 1. The van der Waals surface area contributed by atoms with Crippen molar-refractivity contribution in [1.82, 2.24) is 5.32 Å². The predicted octanol–water partition coefficient (Wildman–Crippen LogP) is 2.32. The van der Waals surface area contributed by atoms with Crippen LogP contribution in [-0.2, 0) is 0 Å². The third-order valence-electron chi connectivity index (χ3n) is 3.66. The molecular weight excluding hydrogens is 214 g/mol. The molecule has 1 aliphatic rings. The molecule has 0 radical (unpaired) electrons. The van der Waals surface area contributed by atoms with E-state index in [1.807, 2.05) is 13.8 Å². The zero-order chi connectivity index (χ0) is 12.9. The molecule has 0 spiro atoms. The molecule has 17 heavy (non-hydrogen) atoms. The van der Waals surface area contributed by atoms with E-state index in [0.717, 1.165) is 25.3 Å². The van der Waals surface area contributed by atoms with Crippen molar-refractivity contribution >= 4 is 5.84 Å². The van der Waals surface area contributed by atoms with Crippen molar-refractivity contribution in [3.05, 3.63) is 0 Å². The standard InChI is InChI=1S/C13H27N3O/c1-10(9-11-5-6-11)15-8-4-7-13(2,3)12(14)16-17/h10-11,15,17H,4-9H2,1-3H3,(H2,14,16). The summed E-state index contributed by atoms with van der Waals surface area (Å²) in [5, 5.41) is 15.3. The lowest BCUT2D eigenvalue weighted by molar-refractivity contribution is 0.304. The van der Waals surface area contributed by atoms with E-state index in [1.54, 1.807) is 0 Å². The van der Waals surface area contributed by atoms with E-state index in [1.165, 1.54) is 19.3 Å².